The van der Waals surface area contributed by atoms with Crippen molar-refractivity contribution in [2.75, 3.05) is 0 Å². The van der Waals surface area contributed by atoms with Crippen LogP contribution in [0.15, 0.2) is 27.1 Å². The lowest BCUT2D eigenvalue weighted by Crippen LogP contribution is -2.30. The fourth-order valence-corrected chi connectivity index (χ4v) is 5.65. The highest BCUT2D eigenvalue weighted by molar-refractivity contribution is 9.11. The van der Waals surface area contributed by atoms with Crippen LogP contribution >= 0.6 is 31.9 Å². The Labute approximate surface area is 129 Å². The highest BCUT2D eigenvalue weighted by Crippen LogP contribution is 2.65. The summed E-state index contributed by atoms with van der Waals surface area (Å²) in [6, 6.07) is 6.16. The molecule has 100 valence electrons. The maximum Gasteiger partial charge on any atom is 0.252 e. The Morgan fingerprint density at radius 3 is 2.47 bits per heavy atom. The van der Waals surface area contributed by atoms with Crippen LogP contribution in [0.1, 0.15) is 29.6 Å². The Morgan fingerprint density at radius 1 is 1.16 bits per heavy atom. The number of carbonyl (C=O) groups is 1. The van der Waals surface area contributed by atoms with E-state index in [1.165, 1.54) is 19.3 Å². The molecule has 4 atom stereocenters. The average Bonchev–Trinajstić information content (AvgIpc) is 2.78. The van der Waals surface area contributed by atoms with Crippen molar-refractivity contribution in [2.24, 2.45) is 23.7 Å². The second-order valence-electron chi connectivity index (χ2n) is 6.11. The van der Waals surface area contributed by atoms with Crippen molar-refractivity contribution < 1.29 is 4.79 Å². The molecule has 0 saturated heterocycles. The average molecular weight is 385 g/mol. The van der Waals surface area contributed by atoms with Gasteiger partial charge in [-0.05, 0) is 77.1 Å². The van der Waals surface area contributed by atoms with Crippen LogP contribution in [-0.4, -0.2) is 11.9 Å². The van der Waals surface area contributed by atoms with E-state index in [4.69, 9.17) is 0 Å². The summed E-state index contributed by atoms with van der Waals surface area (Å²) in [5.41, 5.74) is 0.737. The summed E-state index contributed by atoms with van der Waals surface area (Å²) in [5, 5.41) is 3.25. The zero-order valence-electron chi connectivity index (χ0n) is 10.4. The first-order chi connectivity index (χ1) is 9.15. The van der Waals surface area contributed by atoms with Crippen LogP contribution in [0.4, 0.5) is 0 Å². The van der Waals surface area contributed by atoms with Gasteiger partial charge in [-0.1, -0.05) is 15.9 Å². The number of rotatable bonds is 2. The fraction of sp³-hybridized carbons (Fsp3) is 0.533. The molecule has 0 heterocycles. The molecule has 0 spiro atoms. The molecule has 2 nitrogen and oxygen atoms in total. The van der Waals surface area contributed by atoms with Gasteiger partial charge in [0.05, 0.1) is 5.56 Å². The third-order valence-corrected chi connectivity index (χ3v) is 6.36. The Balaban J connectivity index is 1.48. The molecular formula is C15H15Br2NO. The first-order valence-corrected chi connectivity index (χ1v) is 8.49. The Hall–Kier alpha value is -0.350. The summed E-state index contributed by atoms with van der Waals surface area (Å²) in [4.78, 5) is 12.3. The van der Waals surface area contributed by atoms with Crippen LogP contribution in [0, 0.1) is 23.7 Å². The normalized spacial score (nSPS) is 38.1. The van der Waals surface area contributed by atoms with Gasteiger partial charge in [0.25, 0.3) is 5.91 Å². The predicted molar refractivity (Wildman–Crippen MR) is 80.9 cm³/mol. The van der Waals surface area contributed by atoms with Gasteiger partial charge >= 0.3 is 0 Å². The van der Waals surface area contributed by atoms with Gasteiger partial charge in [-0.25, -0.2) is 0 Å². The highest BCUT2D eigenvalue weighted by Gasteiger charge is 2.65. The first kappa shape index (κ1) is 12.4. The van der Waals surface area contributed by atoms with Crippen molar-refractivity contribution in [1.82, 2.24) is 5.32 Å². The minimum atomic E-state index is 0.0678. The zero-order valence-corrected chi connectivity index (χ0v) is 13.6. The van der Waals surface area contributed by atoms with Crippen LogP contribution in [-0.2, 0) is 0 Å². The molecule has 1 aromatic carbocycles. The fourth-order valence-electron chi connectivity index (χ4n) is 4.42. The first-order valence-electron chi connectivity index (χ1n) is 6.91. The molecule has 0 radical (unpaired) electrons. The minimum absolute atomic E-state index is 0.0678. The standard InChI is InChI=1S/C15H15Br2NO/c16-9-3-4-10(11(17)6-9)15(19)18-14-12-7-1-2-8(5-7)13(12)14/h3-4,6-8,12-14H,1-2,5H2,(H,18,19). The Kier molecular flexibility index (Phi) is 2.82. The smallest absolute Gasteiger partial charge is 0.252 e. The topological polar surface area (TPSA) is 29.1 Å². The molecule has 0 aliphatic heterocycles. The molecule has 2 bridgehead atoms. The molecule has 3 aliphatic carbocycles. The van der Waals surface area contributed by atoms with E-state index in [1.54, 1.807) is 0 Å². The van der Waals surface area contributed by atoms with Crippen molar-refractivity contribution in [2.45, 2.75) is 25.3 Å². The predicted octanol–water partition coefficient (Wildman–Crippen LogP) is 3.99. The van der Waals surface area contributed by atoms with E-state index < -0.39 is 0 Å². The van der Waals surface area contributed by atoms with Crippen LogP contribution in [0.2, 0.25) is 0 Å². The lowest BCUT2D eigenvalue weighted by molar-refractivity contribution is 0.0943. The third-order valence-electron chi connectivity index (χ3n) is 5.21. The molecular weight excluding hydrogens is 370 g/mol. The van der Waals surface area contributed by atoms with Gasteiger partial charge in [0.2, 0.25) is 0 Å². The zero-order chi connectivity index (χ0) is 13.1. The molecule has 1 amide bonds. The third kappa shape index (κ3) is 1.90. The number of hydrogen-bond donors (Lipinski definition) is 1. The number of fused-ring (bicyclic) bond motifs is 5. The van der Waals surface area contributed by atoms with E-state index in [0.29, 0.717) is 6.04 Å². The number of nitrogens with one attached hydrogen (secondary N) is 1. The van der Waals surface area contributed by atoms with Crippen molar-refractivity contribution in [3.05, 3.63) is 32.7 Å². The summed E-state index contributed by atoms with van der Waals surface area (Å²) in [6.45, 7) is 0. The highest BCUT2D eigenvalue weighted by atomic mass is 79.9. The SMILES string of the molecule is O=C(NC1C2C3CCC(C3)C12)c1ccc(Br)cc1Br. The summed E-state index contributed by atoms with van der Waals surface area (Å²) in [7, 11) is 0. The van der Waals surface area contributed by atoms with Crippen molar-refractivity contribution in [1.29, 1.82) is 0 Å². The molecule has 3 saturated carbocycles. The second-order valence-corrected chi connectivity index (χ2v) is 7.88. The molecule has 3 fully saturated rings. The van der Waals surface area contributed by atoms with Crippen LogP contribution < -0.4 is 5.32 Å². The van der Waals surface area contributed by atoms with Gasteiger partial charge in [-0.2, -0.15) is 0 Å². The second kappa shape index (κ2) is 4.32. The van der Waals surface area contributed by atoms with Crippen LogP contribution in [0.25, 0.3) is 0 Å². The summed E-state index contributed by atoms with van der Waals surface area (Å²) >= 11 is 6.87. The number of hydrogen-bond acceptors (Lipinski definition) is 1. The van der Waals surface area contributed by atoms with Crippen molar-refractivity contribution in [3.8, 4) is 0 Å². The van der Waals surface area contributed by atoms with Gasteiger partial charge in [0.15, 0.2) is 0 Å². The number of benzene rings is 1. The molecule has 4 heteroatoms. The van der Waals surface area contributed by atoms with Gasteiger partial charge in [0, 0.05) is 15.0 Å². The monoisotopic (exact) mass is 383 g/mol. The quantitative estimate of drug-likeness (QED) is 0.820. The summed E-state index contributed by atoms with van der Waals surface area (Å²) < 4.78 is 1.84. The Bertz CT molecular complexity index is 543. The summed E-state index contributed by atoms with van der Waals surface area (Å²) in [5.74, 6) is 3.44. The largest absolute Gasteiger partial charge is 0.349 e. The van der Waals surface area contributed by atoms with Crippen LogP contribution in [0.5, 0.6) is 0 Å². The van der Waals surface area contributed by atoms with E-state index in [-0.39, 0.29) is 5.91 Å². The summed E-state index contributed by atoms with van der Waals surface area (Å²) in [6.07, 6.45) is 4.20. The molecule has 4 unspecified atom stereocenters. The molecule has 0 aromatic heterocycles. The van der Waals surface area contributed by atoms with E-state index in [2.05, 4.69) is 37.2 Å². The van der Waals surface area contributed by atoms with E-state index in [9.17, 15) is 4.79 Å². The molecule has 3 aliphatic rings. The van der Waals surface area contributed by atoms with Crippen LogP contribution in [0.3, 0.4) is 0 Å². The molecule has 4 rings (SSSR count). The molecule has 1 N–H and O–H groups in total. The van der Waals surface area contributed by atoms with Gasteiger partial charge < -0.3 is 5.32 Å². The van der Waals surface area contributed by atoms with Gasteiger partial charge in [0.1, 0.15) is 0 Å². The van der Waals surface area contributed by atoms with Gasteiger partial charge in [-0.15, -0.1) is 0 Å². The molecule has 19 heavy (non-hydrogen) atoms. The minimum Gasteiger partial charge on any atom is -0.349 e. The Morgan fingerprint density at radius 2 is 1.84 bits per heavy atom. The number of halogens is 2. The van der Waals surface area contributed by atoms with Crippen molar-refractivity contribution >= 4 is 37.8 Å². The lowest BCUT2D eigenvalue weighted by Gasteiger charge is -2.11. The lowest BCUT2D eigenvalue weighted by atomic mass is 10.0. The van der Waals surface area contributed by atoms with Gasteiger partial charge in [-0.3, -0.25) is 4.79 Å². The van der Waals surface area contributed by atoms with E-state index in [1.807, 2.05) is 18.2 Å². The maximum atomic E-state index is 12.3. The van der Waals surface area contributed by atoms with Crippen molar-refractivity contribution in [3.63, 3.8) is 0 Å². The van der Waals surface area contributed by atoms with E-state index in [0.717, 1.165) is 38.2 Å². The van der Waals surface area contributed by atoms with E-state index >= 15 is 0 Å². The molecule has 1 aromatic rings. The number of carbonyl (C=O) groups excluding carboxylic acids is 1. The number of amides is 1. The maximum absolute atomic E-state index is 12.3.